The number of imide groups is 1. The average molecular weight is 275 g/mol. The lowest BCUT2D eigenvalue weighted by atomic mass is 9.85. The van der Waals surface area contributed by atoms with Crippen molar-refractivity contribution in [1.82, 2.24) is 4.90 Å². The van der Waals surface area contributed by atoms with E-state index in [0.717, 1.165) is 6.42 Å². The molecule has 0 N–H and O–H groups in total. The molecule has 0 aliphatic carbocycles. The Hall–Kier alpha value is -1.64. The van der Waals surface area contributed by atoms with Crippen LogP contribution in [-0.4, -0.2) is 23.8 Å². The Balaban J connectivity index is 0.000000956. The Morgan fingerprint density at radius 3 is 2.10 bits per heavy atom. The van der Waals surface area contributed by atoms with Crippen molar-refractivity contribution in [2.45, 2.75) is 40.0 Å². The Morgan fingerprint density at radius 2 is 1.65 bits per heavy atom. The van der Waals surface area contributed by atoms with Gasteiger partial charge in [-0.05, 0) is 17.9 Å². The van der Waals surface area contributed by atoms with Crippen LogP contribution in [0.15, 0.2) is 30.3 Å². The zero-order valence-corrected chi connectivity index (χ0v) is 13.1. The minimum atomic E-state index is -0.186. The van der Waals surface area contributed by atoms with Crippen LogP contribution < -0.4 is 0 Å². The first-order valence-corrected chi connectivity index (χ1v) is 7.38. The second kappa shape index (κ2) is 7.22. The molecule has 0 spiro atoms. The van der Waals surface area contributed by atoms with Crippen molar-refractivity contribution in [1.29, 1.82) is 0 Å². The molecule has 20 heavy (non-hydrogen) atoms. The molecule has 3 heteroatoms. The number of likely N-dealkylation sites (tertiary alicyclic amines) is 1. The van der Waals surface area contributed by atoms with E-state index in [4.69, 9.17) is 0 Å². The molecule has 3 atom stereocenters. The van der Waals surface area contributed by atoms with Crippen LogP contribution in [-0.2, 0) is 9.59 Å². The number of amides is 2. The quantitative estimate of drug-likeness (QED) is 0.792. The minimum absolute atomic E-state index is 0.0321. The molecular formula is C17H25NO2. The second-order valence-electron chi connectivity index (χ2n) is 5.18. The molecule has 3 nitrogen and oxygen atoms in total. The van der Waals surface area contributed by atoms with E-state index < -0.39 is 0 Å². The molecule has 2 amide bonds. The lowest BCUT2D eigenvalue weighted by Crippen LogP contribution is -2.26. The van der Waals surface area contributed by atoms with Crippen LogP contribution in [0, 0.1) is 11.8 Å². The van der Waals surface area contributed by atoms with E-state index in [0.29, 0.717) is 5.92 Å². The third-order valence-electron chi connectivity index (χ3n) is 3.95. The van der Waals surface area contributed by atoms with Gasteiger partial charge in [0.25, 0.3) is 0 Å². The van der Waals surface area contributed by atoms with Crippen LogP contribution in [0.5, 0.6) is 0 Å². The molecule has 0 saturated carbocycles. The SMILES string of the molecule is CC.CC(CC1C(=O)N(C)C(=O)C1C)c1ccccc1. The zero-order valence-electron chi connectivity index (χ0n) is 13.1. The van der Waals surface area contributed by atoms with Gasteiger partial charge >= 0.3 is 0 Å². The predicted octanol–water partition coefficient (Wildman–Crippen LogP) is 3.46. The fourth-order valence-electron chi connectivity index (χ4n) is 2.65. The standard InChI is InChI=1S/C15H19NO2.C2H6/c1-10(12-7-5-4-6-8-12)9-13-11(2)14(17)16(3)15(13)18;1-2/h4-8,10-11,13H,9H2,1-3H3;1-2H3. The third kappa shape index (κ3) is 3.27. The van der Waals surface area contributed by atoms with Gasteiger partial charge in [-0.25, -0.2) is 0 Å². The van der Waals surface area contributed by atoms with Gasteiger partial charge in [-0.1, -0.05) is 58.0 Å². The van der Waals surface area contributed by atoms with Crippen molar-refractivity contribution in [2.24, 2.45) is 11.8 Å². The number of hydrogen-bond acceptors (Lipinski definition) is 2. The van der Waals surface area contributed by atoms with Crippen molar-refractivity contribution >= 4 is 11.8 Å². The molecule has 1 aromatic rings. The van der Waals surface area contributed by atoms with Crippen LogP contribution in [0.1, 0.15) is 45.6 Å². The van der Waals surface area contributed by atoms with Crippen LogP contribution in [0.4, 0.5) is 0 Å². The summed E-state index contributed by atoms with van der Waals surface area (Å²) in [5, 5.41) is 0. The van der Waals surface area contributed by atoms with Crippen molar-refractivity contribution in [3.8, 4) is 0 Å². The van der Waals surface area contributed by atoms with Crippen molar-refractivity contribution < 1.29 is 9.59 Å². The molecule has 1 saturated heterocycles. The predicted molar refractivity (Wildman–Crippen MR) is 81.3 cm³/mol. The van der Waals surface area contributed by atoms with E-state index in [1.807, 2.05) is 39.0 Å². The molecule has 0 bridgehead atoms. The maximum Gasteiger partial charge on any atom is 0.232 e. The van der Waals surface area contributed by atoms with Gasteiger partial charge in [0.15, 0.2) is 0 Å². The fraction of sp³-hybridized carbons (Fsp3) is 0.529. The van der Waals surface area contributed by atoms with E-state index in [2.05, 4.69) is 19.1 Å². The molecule has 2 rings (SSSR count). The maximum absolute atomic E-state index is 12.0. The van der Waals surface area contributed by atoms with Crippen molar-refractivity contribution in [2.75, 3.05) is 7.05 Å². The summed E-state index contributed by atoms with van der Waals surface area (Å²) in [5.74, 6) is -0.145. The largest absolute Gasteiger partial charge is 0.285 e. The highest BCUT2D eigenvalue weighted by Crippen LogP contribution is 2.33. The van der Waals surface area contributed by atoms with E-state index >= 15 is 0 Å². The van der Waals surface area contributed by atoms with Crippen LogP contribution >= 0.6 is 0 Å². The number of carbonyl (C=O) groups excluding carboxylic acids is 2. The van der Waals surface area contributed by atoms with Gasteiger partial charge in [0.05, 0.1) is 5.92 Å². The van der Waals surface area contributed by atoms with Crippen LogP contribution in [0.2, 0.25) is 0 Å². The molecule has 0 aromatic heterocycles. The zero-order chi connectivity index (χ0) is 15.3. The highest BCUT2D eigenvalue weighted by molar-refractivity contribution is 6.04. The number of nitrogens with zero attached hydrogens (tertiary/aromatic N) is 1. The molecule has 1 aliphatic heterocycles. The average Bonchev–Trinajstić information content (AvgIpc) is 2.68. The van der Waals surface area contributed by atoms with E-state index in [1.54, 1.807) is 7.05 Å². The Bertz CT molecular complexity index is 455. The lowest BCUT2D eigenvalue weighted by molar-refractivity contribution is -0.138. The third-order valence-corrected chi connectivity index (χ3v) is 3.95. The maximum atomic E-state index is 12.0. The smallest absolute Gasteiger partial charge is 0.232 e. The molecule has 3 unspecified atom stereocenters. The Morgan fingerprint density at radius 1 is 1.10 bits per heavy atom. The normalized spacial score (nSPS) is 23.4. The molecule has 0 radical (unpaired) electrons. The molecule has 1 heterocycles. The monoisotopic (exact) mass is 275 g/mol. The first kappa shape index (κ1) is 16.4. The number of benzene rings is 1. The number of carbonyl (C=O) groups is 2. The fourth-order valence-corrected chi connectivity index (χ4v) is 2.65. The Labute approximate surface area is 122 Å². The molecule has 110 valence electrons. The summed E-state index contributed by atoms with van der Waals surface area (Å²) in [4.78, 5) is 25.0. The van der Waals surface area contributed by atoms with Crippen LogP contribution in [0.25, 0.3) is 0 Å². The first-order chi connectivity index (χ1) is 9.52. The summed E-state index contributed by atoms with van der Waals surface area (Å²) >= 11 is 0. The summed E-state index contributed by atoms with van der Waals surface area (Å²) in [5.41, 5.74) is 1.22. The Kier molecular flexibility index (Phi) is 5.93. The topological polar surface area (TPSA) is 37.4 Å². The van der Waals surface area contributed by atoms with Gasteiger partial charge in [0.2, 0.25) is 11.8 Å². The number of hydrogen-bond donors (Lipinski definition) is 0. The highest BCUT2D eigenvalue weighted by atomic mass is 16.2. The van der Waals surface area contributed by atoms with Gasteiger partial charge in [-0.15, -0.1) is 0 Å². The minimum Gasteiger partial charge on any atom is -0.285 e. The van der Waals surface area contributed by atoms with Crippen molar-refractivity contribution in [3.05, 3.63) is 35.9 Å². The van der Waals surface area contributed by atoms with E-state index in [9.17, 15) is 9.59 Å². The molecule has 1 fully saturated rings. The summed E-state index contributed by atoms with van der Waals surface area (Å²) < 4.78 is 0. The molecule has 1 aliphatic rings. The summed E-state index contributed by atoms with van der Waals surface area (Å²) in [7, 11) is 1.58. The number of rotatable bonds is 3. The summed E-state index contributed by atoms with van der Waals surface area (Å²) in [6.45, 7) is 7.96. The van der Waals surface area contributed by atoms with Gasteiger partial charge in [0.1, 0.15) is 0 Å². The van der Waals surface area contributed by atoms with Gasteiger partial charge < -0.3 is 0 Å². The van der Waals surface area contributed by atoms with Crippen LogP contribution in [0.3, 0.4) is 0 Å². The van der Waals surface area contributed by atoms with Crippen molar-refractivity contribution in [3.63, 3.8) is 0 Å². The van der Waals surface area contributed by atoms with E-state index in [-0.39, 0.29) is 23.7 Å². The second-order valence-corrected chi connectivity index (χ2v) is 5.18. The summed E-state index contributed by atoms with van der Waals surface area (Å²) in [6.07, 6.45) is 0.736. The highest BCUT2D eigenvalue weighted by Gasteiger charge is 2.43. The summed E-state index contributed by atoms with van der Waals surface area (Å²) in [6, 6.07) is 10.1. The van der Waals surface area contributed by atoms with E-state index in [1.165, 1.54) is 10.5 Å². The van der Waals surface area contributed by atoms with Gasteiger partial charge in [-0.2, -0.15) is 0 Å². The first-order valence-electron chi connectivity index (χ1n) is 7.38. The molecule has 1 aromatic carbocycles. The molecular weight excluding hydrogens is 250 g/mol. The van der Waals surface area contributed by atoms with Gasteiger partial charge in [-0.3, -0.25) is 14.5 Å². The van der Waals surface area contributed by atoms with Gasteiger partial charge in [0, 0.05) is 13.0 Å². The lowest BCUT2D eigenvalue weighted by Gasteiger charge is -2.17.